The molecule has 1 saturated heterocycles. The molecule has 1 aliphatic heterocycles. The van der Waals surface area contributed by atoms with Crippen LogP contribution in [-0.4, -0.2) is 46.9 Å². The number of benzene rings is 1. The molecule has 8 nitrogen and oxygen atoms in total. The molecule has 0 radical (unpaired) electrons. The molecular weight excluding hydrogens is 364 g/mol. The smallest absolute Gasteiger partial charge is 0.327 e. The summed E-state index contributed by atoms with van der Waals surface area (Å²) in [6.07, 6.45) is -1.08. The van der Waals surface area contributed by atoms with Gasteiger partial charge in [0.2, 0.25) is 0 Å². The van der Waals surface area contributed by atoms with Gasteiger partial charge in [0.05, 0.1) is 0 Å². The van der Waals surface area contributed by atoms with Crippen molar-refractivity contribution in [1.29, 1.82) is 0 Å². The van der Waals surface area contributed by atoms with E-state index in [1.54, 1.807) is 6.92 Å². The molecule has 27 heavy (non-hydrogen) atoms. The maximum atomic E-state index is 13.5. The van der Waals surface area contributed by atoms with Gasteiger partial charge in [-0.3, -0.25) is 19.3 Å². The summed E-state index contributed by atoms with van der Waals surface area (Å²) in [6.45, 7) is 3.73. The normalized spacial score (nSPS) is 20.3. The Bertz CT molecular complexity index is 781. The van der Waals surface area contributed by atoms with Gasteiger partial charge in [-0.25, -0.2) is 13.6 Å². The standard InChI is InChI=1S/C17H19F2N3O5/c1-4-17(3)15(25)22(16(26)21-17)8-12(23)27-9(2)14(24)20-13-10(18)6-5-7-11(13)19/h5-7,9H,4,8H2,1-3H3,(H,20,24)(H,21,26)/t9-,17-/m1/s1. The van der Waals surface area contributed by atoms with Crippen LogP contribution in [0.15, 0.2) is 18.2 Å². The van der Waals surface area contributed by atoms with Crippen molar-refractivity contribution in [2.24, 2.45) is 0 Å². The van der Waals surface area contributed by atoms with Crippen LogP contribution in [0.1, 0.15) is 27.2 Å². The van der Waals surface area contributed by atoms with Crippen molar-refractivity contribution < 1.29 is 32.7 Å². The number of halogens is 2. The van der Waals surface area contributed by atoms with Gasteiger partial charge in [0, 0.05) is 0 Å². The molecule has 1 aromatic rings. The van der Waals surface area contributed by atoms with E-state index in [2.05, 4.69) is 5.32 Å². The number of anilines is 1. The summed E-state index contributed by atoms with van der Waals surface area (Å²) in [5.41, 5.74) is -1.78. The largest absolute Gasteiger partial charge is 0.451 e. The third-order valence-electron chi connectivity index (χ3n) is 4.23. The van der Waals surface area contributed by atoms with Gasteiger partial charge in [-0.2, -0.15) is 0 Å². The number of urea groups is 1. The fourth-order valence-electron chi connectivity index (χ4n) is 2.39. The van der Waals surface area contributed by atoms with Crippen LogP contribution in [0.4, 0.5) is 19.3 Å². The van der Waals surface area contributed by atoms with E-state index >= 15 is 0 Å². The number of hydrogen-bond donors (Lipinski definition) is 2. The summed E-state index contributed by atoms with van der Waals surface area (Å²) < 4.78 is 32.0. The average Bonchev–Trinajstić information content (AvgIpc) is 2.81. The number of carbonyl (C=O) groups is 4. The first kappa shape index (κ1) is 20.3. The molecule has 0 unspecified atom stereocenters. The number of para-hydroxylation sites is 1. The molecule has 4 amide bonds. The lowest BCUT2D eigenvalue weighted by atomic mass is 9.99. The number of carbonyl (C=O) groups excluding carboxylic acids is 4. The first-order chi connectivity index (χ1) is 12.6. The van der Waals surface area contributed by atoms with Gasteiger partial charge in [0.25, 0.3) is 11.8 Å². The minimum absolute atomic E-state index is 0.329. The highest BCUT2D eigenvalue weighted by molar-refractivity contribution is 6.08. The van der Waals surface area contributed by atoms with Crippen molar-refractivity contribution in [3.05, 3.63) is 29.8 Å². The van der Waals surface area contributed by atoms with Crippen molar-refractivity contribution in [2.45, 2.75) is 38.8 Å². The highest BCUT2D eigenvalue weighted by Crippen LogP contribution is 2.21. The predicted octanol–water partition coefficient (Wildman–Crippen LogP) is 1.56. The summed E-state index contributed by atoms with van der Waals surface area (Å²) in [6, 6.07) is 2.30. The second-order valence-electron chi connectivity index (χ2n) is 6.23. The Balaban J connectivity index is 1.96. The lowest BCUT2D eigenvalue weighted by Gasteiger charge is -2.19. The fraction of sp³-hybridized carbons (Fsp3) is 0.412. The molecule has 0 saturated carbocycles. The van der Waals surface area contributed by atoms with Crippen LogP contribution >= 0.6 is 0 Å². The minimum atomic E-state index is -1.41. The molecule has 1 aliphatic rings. The summed E-state index contributed by atoms with van der Waals surface area (Å²) in [4.78, 5) is 48.7. The van der Waals surface area contributed by atoms with Crippen LogP contribution in [0.5, 0.6) is 0 Å². The van der Waals surface area contributed by atoms with Crippen LogP contribution in [0.3, 0.4) is 0 Å². The maximum absolute atomic E-state index is 13.5. The molecule has 10 heteroatoms. The summed E-state index contributed by atoms with van der Waals surface area (Å²) in [7, 11) is 0. The molecule has 0 aromatic heterocycles. The van der Waals surface area contributed by atoms with Crippen LogP contribution < -0.4 is 10.6 Å². The van der Waals surface area contributed by atoms with Crippen molar-refractivity contribution in [3.63, 3.8) is 0 Å². The zero-order valence-corrected chi connectivity index (χ0v) is 15.0. The quantitative estimate of drug-likeness (QED) is 0.573. The average molecular weight is 383 g/mol. The molecule has 1 aromatic carbocycles. The molecule has 0 spiro atoms. The summed E-state index contributed by atoms with van der Waals surface area (Å²) >= 11 is 0. The molecular formula is C17H19F2N3O5. The van der Waals surface area contributed by atoms with E-state index < -0.39 is 59.3 Å². The van der Waals surface area contributed by atoms with Gasteiger partial charge in [-0.1, -0.05) is 13.0 Å². The first-order valence-corrected chi connectivity index (χ1v) is 8.17. The monoisotopic (exact) mass is 383 g/mol. The fourth-order valence-corrected chi connectivity index (χ4v) is 2.39. The number of nitrogens with zero attached hydrogens (tertiary/aromatic N) is 1. The van der Waals surface area contributed by atoms with E-state index in [1.165, 1.54) is 13.8 Å². The van der Waals surface area contributed by atoms with Crippen molar-refractivity contribution in [1.82, 2.24) is 10.2 Å². The number of esters is 1. The number of nitrogens with one attached hydrogen (secondary N) is 2. The third-order valence-corrected chi connectivity index (χ3v) is 4.23. The maximum Gasteiger partial charge on any atom is 0.327 e. The van der Waals surface area contributed by atoms with E-state index in [9.17, 15) is 28.0 Å². The van der Waals surface area contributed by atoms with Crippen molar-refractivity contribution >= 4 is 29.5 Å². The highest BCUT2D eigenvalue weighted by atomic mass is 19.1. The Hall–Kier alpha value is -3.04. The van der Waals surface area contributed by atoms with Gasteiger partial charge in [-0.05, 0) is 32.4 Å². The number of hydrogen-bond acceptors (Lipinski definition) is 5. The molecule has 2 N–H and O–H groups in total. The molecule has 146 valence electrons. The number of amides is 4. The van der Waals surface area contributed by atoms with E-state index in [1.807, 2.05) is 5.32 Å². The third kappa shape index (κ3) is 4.21. The molecule has 2 rings (SSSR count). The number of imide groups is 1. The lowest BCUT2D eigenvalue weighted by Crippen LogP contribution is -2.44. The van der Waals surface area contributed by atoms with Gasteiger partial charge in [0.1, 0.15) is 29.4 Å². The topological polar surface area (TPSA) is 105 Å². The van der Waals surface area contributed by atoms with Crippen LogP contribution in [0.2, 0.25) is 0 Å². The van der Waals surface area contributed by atoms with Crippen LogP contribution in [-0.2, 0) is 19.1 Å². The first-order valence-electron chi connectivity index (χ1n) is 8.17. The van der Waals surface area contributed by atoms with Gasteiger partial charge < -0.3 is 15.4 Å². The molecule has 1 heterocycles. The Morgan fingerprint density at radius 1 is 1.30 bits per heavy atom. The molecule has 2 atom stereocenters. The zero-order valence-electron chi connectivity index (χ0n) is 15.0. The SMILES string of the molecule is CC[C@@]1(C)NC(=O)N(CC(=O)O[C@H](C)C(=O)Nc2c(F)cccc2F)C1=O. The second-order valence-corrected chi connectivity index (χ2v) is 6.23. The van der Waals surface area contributed by atoms with E-state index in [0.717, 1.165) is 18.2 Å². The Morgan fingerprint density at radius 2 is 1.89 bits per heavy atom. The molecule has 1 fully saturated rings. The number of rotatable bonds is 6. The zero-order chi connectivity index (χ0) is 20.4. The lowest BCUT2D eigenvalue weighted by molar-refractivity contribution is -0.155. The molecule has 0 aliphatic carbocycles. The van der Waals surface area contributed by atoms with Crippen molar-refractivity contribution in [2.75, 3.05) is 11.9 Å². The predicted molar refractivity (Wildman–Crippen MR) is 89.5 cm³/mol. The van der Waals surface area contributed by atoms with Gasteiger partial charge in [-0.15, -0.1) is 0 Å². The minimum Gasteiger partial charge on any atom is -0.451 e. The van der Waals surface area contributed by atoms with E-state index in [0.29, 0.717) is 11.3 Å². The summed E-state index contributed by atoms with van der Waals surface area (Å²) in [5, 5.41) is 4.46. The Labute approximate surface area is 153 Å². The molecule has 0 bridgehead atoms. The van der Waals surface area contributed by atoms with Gasteiger partial charge >= 0.3 is 12.0 Å². The Morgan fingerprint density at radius 3 is 2.41 bits per heavy atom. The van der Waals surface area contributed by atoms with E-state index in [-0.39, 0.29) is 0 Å². The van der Waals surface area contributed by atoms with Crippen LogP contribution in [0.25, 0.3) is 0 Å². The number of ether oxygens (including phenoxy) is 1. The second kappa shape index (κ2) is 7.68. The van der Waals surface area contributed by atoms with Gasteiger partial charge in [0.15, 0.2) is 6.10 Å². The Kier molecular flexibility index (Phi) is 5.77. The van der Waals surface area contributed by atoms with Crippen molar-refractivity contribution in [3.8, 4) is 0 Å². The summed E-state index contributed by atoms with van der Waals surface area (Å²) in [5.74, 6) is -4.55. The van der Waals surface area contributed by atoms with Crippen LogP contribution in [0, 0.1) is 11.6 Å². The van der Waals surface area contributed by atoms with E-state index in [4.69, 9.17) is 4.74 Å². The highest BCUT2D eigenvalue weighted by Gasteiger charge is 2.47.